The molecule has 19 heavy (non-hydrogen) atoms. The van der Waals surface area contributed by atoms with E-state index in [1.54, 1.807) is 0 Å². The highest BCUT2D eigenvalue weighted by Crippen LogP contribution is 2.33. The van der Waals surface area contributed by atoms with Crippen LogP contribution in [0, 0.1) is 30.3 Å². The first kappa shape index (κ1) is 14.5. The summed E-state index contributed by atoms with van der Waals surface area (Å²) in [5.41, 5.74) is -3.68. The van der Waals surface area contributed by atoms with Crippen LogP contribution in [-0.2, 0) is 9.47 Å². The van der Waals surface area contributed by atoms with Crippen molar-refractivity contribution in [1.29, 1.82) is 0 Å². The van der Waals surface area contributed by atoms with Crippen LogP contribution in [0.1, 0.15) is 0 Å². The topological polar surface area (TPSA) is 148 Å². The molecule has 104 valence electrons. The molecule has 1 rings (SSSR count). The van der Waals surface area contributed by atoms with Crippen molar-refractivity contribution in [2.75, 3.05) is 14.2 Å². The molecule has 0 saturated heterocycles. The molecule has 0 aromatic heterocycles. The molecule has 1 aliphatic rings. The van der Waals surface area contributed by atoms with Gasteiger partial charge >= 0.3 is 17.5 Å². The average Bonchev–Trinajstić information content (AvgIpc) is 2.35. The quantitative estimate of drug-likeness (QED) is 0.385. The molecular formula is C8H9N3O8. The fourth-order valence-corrected chi connectivity index (χ4v) is 1.73. The highest BCUT2D eigenvalue weighted by molar-refractivity contribution is 5.29. The van der Waals surface area contributed by atoms with E-state index >= 15 is 0 Å². The number of hydrogen-bond acceptors (Lipinski definition) is 8. The minimum atomic E-state index is -2.64. The van der Waals surface area contributed by atoms with Gasteiger partial charge in [-0.3, -0.25) is 30.3 Å². The molecular weight excluding hydrogens is 266 g/mol. The van der Waals surface area contributed by atoms with Crippen LogP contribution in [0.15, 0.2) is 23.6 Å². The zero-order valence-electron chi connectivity index (χ0n) is 9.84. The predicted octanol–water partition coefficient (Wildman–Crippen LogP) is -0.0444. The number of rotatable bonds is 5. The first-order chi connectivity index (χ1) is 8.81. The van der Waals surface area contributed by atoms with Crippen LogP contribution in [0.3, 0.4) is 0 Å². The van der Waals surface area contributed by atoms with Gasteiger partial charge in [0.05, 0.1) is 17.0 Å². The molecule has 0 heterocycles. The van der Waals surface area contributed by atoms with Crippen LogP contribution in [0.4, 0.5) is 0 Å². The van der Waals surface area contributed by atoms with Crippen LogP contribution in [0.5, 0.6) is 0 Å². The van der Waals surface area contributed by atoms with Crippen LogP contribution in [0.2, 0.25) is 0 Å². The van der Waals surface area contributed by atoms with Crippen LogP contribution in [0.25, 0.3) is 0 Å². The Morgan fingerprint density at radius 3 is 2.11 bits per heavy atom. The van der Waals surface area contributed by atoms with E-state index < -0.39 is 38.0 Å². The predicted molar refractivity (Wildman–Crippen MR) is 57.7 cm³/mol. The maximum atomic E-state index is 11.0. The van der Waals surface area contributed by atoms with Crippen molar-refractivity contribution >= 4 is 0 Å². The van der Waals surface area contributed by atoms with Crippen LogP contribution in [-0.4, -0.2) is 40.8 Å². The molecule has 0 spiro atoms. The molecule has 0 radical (unpaired) electrons. The van der Waals surface area contributed by atoms with Crippen molar-refractivity contribution < 1.29 is 24.2 Å². The van der Waals surface area contributed by atoms with Gasteiger partial charge in [0, 0.05) is 18.1 Å². The summed E-state index contributed by atoms with van der Waals surface area (Å²) in [6.07, 6.45) is 1.66. The Kier molecular flexibility index (Phi) is 3.80. The van der Waals surface area contributed by atoms with Gasteiger partial charge in [0.1, 0.15) is 0 Å². The summed E-state index contributed by atoms with van der Waals surface area (Å²) in [4.78, 5) is 29.6. The van der Waals surface area contributed by atoms with Crippen molar-refractivity contribution in [2.45, 2.75) is 11.8 Å². The fourth-order valence-electron chi connectivity index (χ4n) is 1.73. The first-order valence-corrected chi connectivity index (χ1v) is 4.76. The van der Waals surface area contributed by atoms with Gasteiger partial charge in [0.25, 0.3) is 0 Å². The number of ether oxygens (including phenoxy) is 2. The van der Waals surface area contributed by atoms with E-state index in [-0.39, 0.29) is 0 Å². The second-order valence-electron chi connectivity index (χ2n) is 3.45. The summed E-state index contributed by atoms with van der Waals surface area (Å²) in [5, 5.41) is 32.9. The Labute approximate surface area is 105 Å². The molecule has 2 atom stereocenters. The Morgan fingerprint density at radius 1 is 1.21 bits per heavy atom. The van der Waals surface area contributed by atoms with Crippen LogP contribution >= 0.6 is 0 Å². The molecule has 0 saturated carbocycles. The van der Waals surface area contributed by atoms with E-state index in [0.29, 0.717) is 0 Å². The highest BCUT2D eigenvalue weighted by Gasteiger charge is 2.67. The summed E-state index contributed by atoms with van der Waals surface area (Å²) in [6.45, 7) is 0. The fraction of sp³-hybridized carbons (Fsp3) is 0.500. The molecule has 2 unspecified atom stereocenters. The lowest BCUT2D eigenvalue weighted by Gasteiger charge is -2.24. The smallest absolute Gasteiger partial charge is 0.422 e. The summed E-state index contributed by atoms with van der Waals surface area (Å²) in [7, 11) is 1.92. The van der Waals surface area contributed by atoms with Gasteiger partial charge in [-0.15, -0.1) is 0 Å². The van der Waals surface area contributed by atoms with E-state index in [1.165, 1.54) is 0 Å². The summed E-state index contributed by atoms with van der Waals surface area (Å²) in [6, 6.07) is -2.32. The maximum Gasteiger partial charge on any atom is 0.422 e. The van der Waals surface area contributed by atoms with Gasteiger partial charge < -0.3 is 9.47 Å². The molecule has 11 nitrogen and oxygen atoms in total. The third kappa shape index (κ3) is 2.10. The SMILES string of the molecule is COC1=C([N+](=O)[O-])C([N+](=O)[O-])C(OC)([N+](=O)[O-])C=C1. The van der Waals surface area contributed by atoms with Gasteiger partial charge in [0.15, 0.2) is 5.76 Å². The van der Waals surface area contributed by atoms with Crippen molar-refractivity contribution in [2.24, 2.45) is 0 Å². The minimum Gasteiger partial charge on any atom is -0.490 e. The summed E-state index contributed by atoms with van der Waals surface area (Å²) >= 11 is 0. The van der Waals surface area contributed by atoms with E-state index in [4.69, 9.17) is 0 Å². The Hall–Kier alpha value is -2.56. The summed E-state index contributed by atoms with van der Waals surface area (Å²) < 4.78 is 9.20. The molecule has 11 heteroatoms. The average molecular weight is 275 g/mol. The Morgan fingerprint density at radius 2 is 1.79 bits per heavy atom. The van der Waals surface area contributed by atoms with Gasteiger partial charge in [-0.2, -0.15) is 0 Å². The van der Waals surface area contributed by atoms with E-state index in [9.17, 15) is 30.3 Å². The Balaban J connectivity index is 3.57. The van der Waals surface area contributed by atoms with Crippen molar-refractivity contribution in [3.05, 3.63) is 54.0 Å². The van der Waals surface area contributed by atoms with Gasteiger partial charge in [0.2, 0.25) is 0 Å². The lowest BCUT2D eigenvalue weighted by molar-refractivity contribution is -0.691. The van der Waals surface area contributed by atoms with E-state index in [2.05, 4.69) is 9.47 Å². The van der Waals surface area contributed by atoms with Crippen molar-refractivity contribution in [3.8, 4) is 0 Å². The largest absolute Gasteiger partial charge is 0.490 e. The van der Waals surface area contributed by atoms with Gasteiger partial charge in [-0.25, -0.2) is 0 Å². The molecule has 0 bridgehead atoms. The molecule has 0 fully saturated rings. The summed E-state index contributed by atoms with van der Waals surface area (Å²) in [5.74, 6) is -0.429. The zero-order chi connectivity index (χ0) is 14.8. The number of nitro groups is 3. The molecule has 0 N–H and O–H groups in total. The third-order valence-electron chi connectivity index (χ3n) is 2.62. The number of methoxy groups -OCH3 is 2. The molecule has 1 aliphatic carbocycles. The first-order valence-electron chi connectivity index (χ1n) is 4.76. The number of hydrogen-bond donors (Lipinski definition) is 0. The maximum absolute atomic E-state index is 11.0. The van der Waals surface area contributed by atoms with Gasteiger partial charge in [-0.05, 0) is 6.08 Å². The van der Waals surface area contributed by atoms with Gasteiger partial charge in [-0.1, -0.05) is 0 Å². The molecule has 0 aromatic rings. The standard InChI is InChI=1S/C8H9N3O8/c1-18-5-3-4-8(19-2,11(16)17)7(10(14)15)6(5)9(12)13/h3-4,7H,1-2H3. The number of nitrogens with zero attached hydrogens (tertiary/aromatic N) is 3. The molecule has 0 aliphatic heterocycles. The number of allylic oxidation sites excluding steroid dienone is 1. The van der Waals surface area contributed by atoms with E-state index in [1.807, 2.05) is 0 Å². The van der Waals surface area contributed by atoms with Crippen molar-refractivity contribution in [1.82, 2.24) is 0 Å². The normalized spacial score (nSPS) is 26.1. The second-order valence-corrected chi connectivity index (χ2v) is 3.45. The van der Waals surface area contributed by atoms with E-state index in [0.717, 1.165) is 26.4 Å². The lowest BCUT2D eigenvalue weighted by Crippen LogP contribution is -2.56. The highest BCUT2D eigenvalue weighted by atomic mass is 16.7. The van der Waals surface area contributed by atoms with Crippen molar-refractivity contribution in [3.63, 3.8) is 0 Å². The monoisotopic (exact) mass is 275 g/mol. The molecule has 0 amide bonds. The lowest BCUT2D eigenvalue weighted by atomic mass is 9.95. The second kappa shape index (κ2) is 4.97. The zero-order valence-corrected chi connectivity index (χ0v) is 9.84. The van der Waals surface area contributed by atoms with Crippen LogP contribution < -0.4 is 0 Å². The Bertz CT molecular complexity index is 498. The minimum absolute atomic E-state index is 0.429. The molecule has 0 aromatic carbocycles. The third-order valence-corrected chi connectivity index (χ3v) is 2.62.